The van der Waals surface area contributed by atoms with Crippen molar-refractivity contribution in [2.24, 2.45) is 35.3 Å². The quantitative estimate of drug-likeness (QED) is 0.104. The summed E-state index contributed by atoms with van der Waals surface area (Å²) >= 11 is 0. The van der Waals surface area contributed by atoms with Gasteiger partial charge in [-0.15, -0.1) is 0 Å². The standard InChI is InChI=1S/C51H77FN2O10/c1-9-38-27-32(3)45(52)33(4)28-43(60-7)47-44(61-8)29-35(6)51(59,64-47)48(56)49(57)54-24-14-13-19-40(54)50(58)63-46(31(2)20-23-41(38)55)34(5)26-37-21-22-39(53)42(30-37)62-25-15-18-36-16-11-10-12-17-36/h10-12,16-17,26-27,31,33,35,37-40,42-47,59H,9,13-15,18-25,28-30,53H2,1-8H3. The average Bonchev–Trinajstić information content (AvgIpc) is 3.30. The van der Waals surface area contributed by atoms with Crippen molar-refractivity contribution in [3.05, 3.63) is 59.2 Å². The summed E-state index contributed by atoms with van der Waals surface area (Å²) in [5.74, 6) is -7.66. The number of ether oxygens (including phenoxy) is 5. The molecule has 2 bridgehead atoms. The predicted octanol–water partition coefficient (Wildman–Crippen LogP) is 7.42. The van der Waals surface area contributed by atoms with Gasteiger partial charge in [-0.2, -0.15) is 0 Å². The van der Waals surface area contributed by atoms with Crippen molar-refractivity contribution in [1.29, 1.82) is 0 Å². The van der Waals surface area contributed by atoms with Crippen LogP contribution >= 0.6 is 0 Å². The molecule has 0 aromatic heterocycles. The Bertz CT molecular complexity index is 1770. The minimum Gasteiger partial charge on any atom is -0.456 e. The smallest absolute Gasteiger partial charge is 0.329 e. The highest BCUT2D eigenvalue weighted by Crippen LogP contribution is 2.39. The number of aryl methyl sites for hydroxylation is 1. The summed E-state index contributed by atoms with van der Waals surface area (Å²) in [4.78, 5) is 58.2. The van der Waals surface area contributed by atoms with Crippen LogP contribution < -0.4 is 5.73 Å². The van der Waals surface area contributed by atoms with Crippen molar-refractivity contribution in [2.45, 2.75) is 180 Å². The maximum Gasteiger partial charge on any atom is 0.329 e. The van der Waals surface area contributed by atoms with Crippen LogP contribution in [0.4, 0.5) is 4.39 Å². The van der Waals surface area contributed by atoms with Crippen molar-refractivity contribution in [1.82, 2.24) is 4.90 Å². The lowest BCUT2D eigenvalue weighted by molar-refractivity contribution is -0.302. The fourth-order valence-electron chi connectivity index (χ4n) is 10.4. The number of aliphatic hydroxyl groups is 1. The monoisotopic (exact) mass is 897 g/mol. The number of cyclic esters (lactones) is 1. The Morgan fingerprint density at radius 3 is 2.34 bits per heavy atom. The fraction of sp³-hybridized carbons (Fsp3) is 0.725. The molecule has 2 saturated heterocycles. The van der Waals surface area contributed by atoms with Gasteiger partial charge in [0.05, 0.1) is 18.3 Å². The summed E-state index contributed by atoms with van der Waals surface area (Å²) in [5, 5.41) is 12.1. The normalized spacial score (nSPS) is 37.0. The number of rotatable bonds is 10. The van der Waals surface area contributed by atoms with E-state index in [1.807, 2.05) is 39.0 Å². The van der Waals surface area contributed by atoms with E-state index in [0.29, 0.717) is 44.3 Å². The topological polar surface area (TPSA) is 164 Å². The van der Waals surface area contributed by atoms with Crippen LogP contribution in [-0.4, -0.2) is 115 Å². The van der Waals surface area contributed by atoms with E-state index in [1.54, 1.807) is 26.8 Å². The Balaban J connectivity index is 1.44. The van der Waals surface area contributed by atoms with Crippen LogP contribution in [0, 0.1) is 29.6 Å². The second-order valence-corrected chi connectivity index (χ2v) is 19.3. The molecule has 1 aromatic carbocycles. The Morgan fingerprint density at radius 2 is 1.66 bits per heavy atom. The number of carbonyl (C=O) groups excluding carboxylic acids is 4. The lowest BCUT2D eigenvalue weighted by atomic mass is 9.81. The molecule has 4 aliphatic rings. The number of benzene rings is 1. The van der Waals surface area contributed by atoms with Crippen LogP contribution in [-0.2, 0) is 49.3 Å². The molecule has 0 radical (unpaired) electrons. The van der Waals surface area contributed by atoms with Gasteiger partial charge >= 0.3 is 5.97 Å². The summed E-state index contributed by atoms with van der Waals surface area (Å²) in [5.41, 5.74) is 9.09. The summed E-state index contributed by atoms with van der Waals surface area (Å²) in [6.07, 6.45) is 5.98. The second kappa shape index (κ2) is 23.9. The maximum atomic E-state index is 16.3. The Kier molecular flexibility index (Phi) is 19.3. The summed E-state index contributed by atoms with van der Waals surface area (Å²) in [6, 6.07) is 9.13. The molecule has 12 nitrogen and oxygen atoms in total. The van der Waals surface area contributed by atoms with Crippen LogP contribution in [0.1, 0.15) is 124 Å². The largest absolute Gasteiger partial charge is 0.456 e. The molecule has 3 fully saturated rings. The third kappa shape index (κ3) is 12.8. The zero-order valence-electron chi connectivity index (χ0n) is 39.7. The number of piperidine rings is 1. The number of hydrogen-bond donors (Lipinski definition) is 2. The van der Waals surface area contributed by atoms with E-state index in [9.17, 15) is 24.3 Å². The molecule has 1 aromatic rings. The molecule has 14 atom stereocenters. The number of esters is 1. The third-order valence-electron chi connectivity index (χ3n) is 14.5. The van der Waals surface area contributed by atoms with Gasteiger partial charge in [0, 0.05) is 51.7 Å². The molecule has 3 aliphatic heterocycles. The lowest BCUT2D eigenvalue weighted by Crippen LogP contribution is -2.64. The molecule has 1 aliphatic carbocycles. The van der Waals surface area contributed by atoms with Gasteiger partial charge in [-0.3, -0.25) is 14.4 Å². The molecule has 1 saturated carbocycles. The zero-order valence-corrected chi connectivity index (χ0v) is 39.7. The van der Waals surface area contributed by atoms with Crippen LogP contribution in [0.25, 0.3) is 0 Å². The Morgan fingerprint density at radius 1 is 0.953 bits per heavy atom. The first-order valence-corrected chi connectivity index (χ1v) is 24.0. The maximum absolute atomic E-state index is 16.3. The highest BCUT2D eigenvalue weighted by Gasteiger charge is 2.56. The van der Waals surface area contributed by atoms with Gasteiger partial charge in [-0.1, -0.05) is 70.2 Å². The minimum atomic E-state index is -2.57. The number of nitrogens with two attached hydrogens (primary N) is 1. The molecule has 3 N–H and O–H groups in total. The molecule has 358 valence electrons. The van der Waals surface area contributed by atoms with Gasteiger partial charge in [-0.25, -0.2) is 9.18 Å². The second-order valence-electron chi connectivity index (χ2n) is 19.3. The average molecular weight is 897 g/mol. The van der Waals surface area contributed by atoms with Gasteiger partial charge < -0.3 is 39.4 Å². The van der Waals surface area contributed by atoms with Crippen LogP contribution in [0.5, 0.6) is 0 Å². The lowest BCUT2D eigenvalue weighted by Gasteiger charge is -2.47. The van der Waals surface area contributed by atoms with Crippen molar-refractivity contribution in [3.63, 3.8) is 0 Å². The first kappa shape index (κ1) is 51.7. The van der Waals surface area contributed by atoms with Gasteiger partial charge in [-0.05, 0) is 125 Å². The number of methoxy groups -OCH3 is 2. The van der Waals surface area contributed by atoms with E-state index >= 15 is 4.39 Å². The molecular weight excluding hydrogens is 820 g/mol. The van der Waals surface area contributed by atoms with Crippen molar-refractivity contribution >= 4 is 23.4 Å². The van der Waals surface area contributed by atoms with Gasteiger partial charge in [0.2, 0.25) is 5.79 Å². The molecule has 64 heavy (non-hydrogen) atoms. The van der Waals surface area contributed by atoms with Crippen LogP contribution in [0.15, 0.2) is 53.6 Å². The van der Waals surface area contributed by atoms with E-state index in [2.05, 4.69) is 18.2 Å². The van der Waals surface area contributed by atoms with Crippen molar-refractivity contribution in [3.8, 4) is 0 Å². The van der Waals surface area contributed by atoms with Crippen molar-refractivity contribution < 1.29 is 52.4 Å². The number of alkyl halides is 1. The third-order valence-corrected chi connectivity index (χ3v) is 14.5. The van der Waals surface area contributed by atoms with E-state index in [-0.39, 0.29) is 62.0 Å². The molecule has 14 unspecified atom stereocenters. The van der Waals surface area contributed by atoms with E-state index in [0.717, 1.165) is 31.3 Å². The summed E-state index contributed by atoms with van der Waals surface area (Å²) < 4.78 is 46.9. The number of Topliss-reactive ketones (excluding diaryl/α,β-unsaturated/α-hetero) is 2. The number of allylic oxidation sites excluding steroid dienone is 3. The molecular formula is C51H77FN2O10. The van der Waals surface area contributed by atoms with Crippen LogP contribution in [0.2, 0.25) is 0 Å². The van der Waals surface area contributed by atoms with Gasteiger partial charge in [0.15, 0.2) is 0 Å². The minimum absolute atomic E-state index is 0.0241. The number of nitrogens with zero attached hydrogens (tertiary/aromatic N) is 1. The van der Waals surface area contributed by atoms with Crippen LogP contribution in [0.3, 0.4) is 0 Å². The fourth-order valence-corrected chi connectivity index (χ4v) is 10.4. The van der Waals surface area contributed by atoms with E-state index < -0.39 is 77.8 Å². The zero-order chi connectivity index (χ0) is 46.7. The van der Waals surface area contributed by atoms with E-state index in [1.165, 1.54) is 24.7 Å². The molecule has 0 spiro atoms. The molecule has 5 rings (SSSR count). The first-order chi connectivity index (χ1) is 30.5. The van der Waals surface area contributed by atoms with Crippen molar-refractivity contribution in [2.75, 3.05) is 27.4 Å². The number of amides is 1. The summed E-state index contributed by atoms with van der Waals surface area (Å²) in [7, 11) is 2.93. The van der Waals surface area contributed by atoms with E-state index in [4.69, 9.17) is 29.4 Å². The first-order valence-electron chi connectivity index (χ1n) is 24.0. The predicted molar refractivity (Wildman–Crippen MR) is 243 cm³/mol. The molecule has 1 amide bonds. The highest BCUT2D eigenvalue weighted by molar-refractivity contribution is 6.39. The summed E-state index contributed by atoms with van der Waals surface area (Å²) in [6.45, 7) is 11.5. The molecule has 13 heteroatoms. The number of halogens is 1. The molecule has 3 heterocycles. The van der Waals surface area contributed by atoms with Gasteiger partial charge in [0.1, 0.15) is 30.2 Å². The number of hydrogen-bond acceptors (Lipinski definition) is 11. The SMILES string of the molecule is CCC1C=C(C)C(F)C(C)CC(OC)C2OC(O)(C(=O)C(=O)N3CCCCC3C(=O)OC(C(C)=CC3CCC(N)C(OCCCc4ccccc4)C3)C(C)CCC1=O)C(C)CC2OC. The Labute approximate surface area is 381 Å². The Hall–Kier alpha value is -3.33. The van der Waals surface area contributed by atoms with Gasteiger partial charge in [0.25, 0.3) is 11.7 Å². The number of carbonyl (C=O) groups is 4. The highest BCUT2D eigenvalue weighted by atomic mass is 19.1. The number of ketones is 2. The number of fused-ring (bicyclic) bond motifs is 3.